The number of fused-ring (bicyclic) bond motifs is 1. The lowest BCUT2D eigenvalue weighted by atomic mass is 10.0. The van der Waals surface area contributed by atoms with Crippen LogP contribution in [0.4, 0.5) is 4.39 Å². The van der Waals surface area contributed by atoms with Crippen LogP contribution in [0, 0.1) is 18.7 Å². The normalized spacial score (nSPS) is 17.1. The van der Waals surface area contributed by atoms with E-state index in [1.807, 2.05) is 11.6 Å². The first-order valence-electron chi connectivity index (χ1n) is 9.52. The molecule has 1 amide bonds. The van der Waals surface area contributed by atoms with Crippen molar-refractivity contribution in [2.24, 2.45) is 5.92 Å². The summed E-state index contributed by atoms with van der Waals surface area (Å²) in [6, 6.07) is 2.77. The van der Waals surface area contributed by atoms with Gasteiger partial charge in [-0.2, -0.15) is 5.10 Å². The number of aromatic nitrogens is 2. The van der Waals surface area contributed by atoms with Gasteiger partial charge in [0.1, 0.15) is 11.6 Å². The van der Waals surface area contributed by atoms with E-state index in [2.05, 4.69) is 10.4 Å². The number of amides is 1. The first kappa shape index (κ1) is 18.9. The zero-order chi connectivity index (χ0) is 19.5. The summed E-state index contributed by atoms with van der Waals surface area (Å²) in [5.41, 5.74) is 2.60. The second kappa shape index (κ2) is 8.28. The number of nitrogens with one attached hydrogen (secondary N) is 1. The molecule has 2 aliphatic rings. The van der Waals surface area contributed by atoms with Gasteiger partial charge in [-0.3, -0.25) is 9.48 Å². The summed E-state index contributed by atoms with van der Waals surface area (Å²) in [6.45, 7) is 4.83. The number of rotatable bonds is 5. The van der Waals surface area contributed by atoms with Crippen LogP contribution in [0.2, 0.25) is 0 Å². The van der Waals surface area contributed by atoms with Gasteiger partial charge in [-0.05, 0) is 37.8 Å². The van der Waals surface area contributed by atoms with Crippen molar-refractivity contribution in [1.82, 2.24) is 15.1 Å². The van der Waals surface area contributed by atoms with Crippen molar-refractivity contribution in [3.05, 3.63) is 46.5 Å². The Balaban J connectivity index is 1.43. The van der Waals surface area contributed by atoms with E-state index in [0.29, 0.717) is 35.0 Å². The van der Waals surface area contributed by atoms with Gasteiger partial charge in [0.2, 0.25) is 0 Å². The Morgan fingerprint density at radius 2 is 2.14 bits per heavy atom. The SMILES string of the molecule is Cc1c(C(=O)NCc2cc(F)cc3c2OCOC3)cnn1CC1CCOCC1. The molecule has 8 heteroatoms. The van der Waals surface area contributed by atoms with Gasteiger partial charge in [-0.25, -0.2) is 4.39 Å². The maximum Gasteiger partial charge on any atom is 0.255 e. The molecular weight excluding hydrogens is 365 g/mol. The molecule has 3 heterocycles. The lowest BCUT2D eigenvalue weighted by molar-refractivity contribution is -0.0173. The predicted molar refractivity (Wildman–Crippen MR) is 98.4 cm³/mol. The molecule has 4 rings (SSSR count). The van der Waals surface area contributed by atoms with Crippen LogP contribution in [0.15, 0.2) is 18.3 Å². The minimum atomic E-state index is -0.377. The minimum Gasteiger partial charge on any atom is -0.467 e. The molecule has 0 atom stereocenters. The molecule has 1 aromatic carbocycles. The molecule has 0 unspecified atom stereocenters. The van der Waals surface area contributed by atoms with E-state index >= 15 is 0 Å². The fourth-order valence-corrected chi connectivity index (χ4v) is 3.69. The van der Waals surface area contributed by atoms with Crippen molar-refractivity contribution < 1.29 is 23.4 Å². The summed E-state index contributed by atoms with van der Waals surface area (Å²) < 4.78 is 31.8. The van der Waals surface area contributed by atoms with Crippen LogP contribution < -0.4 is 10.1 Å². The maximum atomic E-state index is 13.8. The van der Waals surface area contributed by atoms with Crippen LogP contribution in [-0.4, -0.2) is 35.7 Å². The highest BCUT2D eigenvalue weighted by Gasteiger charge is 2.21. The summed E-state index contributed by atoms with van der Waals surface area (Å²) in [7, 11) is 0. The van der Waals surface area contributed by atoms with Gasteiger partial charge in [0.05, 0.1) is 18.4 Å². The highest BCUT2D eigenvalue weighted by Crippen LogP contribution is 2.29. The van der Waals surface area contributed by atoms with Crippen molar-refractivity contribution in [3.8, 4) is 5.75 Å². The average Bonchev–Trinajstić information content (AvgIpc) is 3.07. The second-order valence-corrected chi connectivity index (χ2v) is 7.23. The Morgan fingerprint density at radius 1 is 1.32 bits per heavy atom. The first-order valence-corrected chi connectivity index (χ1v) is 9.52. The Labute approximate surface area is 162 Å². The highest BCUT2D eigenvalue weighted by molar-refractivity contribution is 5.95. The number of carbonyl (C=O) groups excluding carboxylic acids is 1. The van der Waals surface area contributed by atoms with Crippen molar-refractivity contribution in [2.75, 3.05) is 20.0 Å². The number of halogens is 1. The molecule has 0 bridgehead atoms. The fourth-order valence-electron chi connectivity index (χ4n) is 3.69. The van der Waals surface area contributed by atoms with Crippen LogP contribution >= 0.6 is 0 Å². The van der Waals surface area contributed by atoms with Crippen molar-refractivity contribution in [1.29, 1.82) is 0 Å². The molecule has 1 saturated heterocycles. The molecule has 1 fully saturated rings. The number of benzene rings is 1. The van der Waals surface area contributed by atoms with E-state index in [-0.39, 0.29) is 25.1 Å². The number of hydrogen-bond donors (Lipinski definition) is 1. The number of carbonyl (C=O) groups is 1. The highest BCUT2D eigenvalue weighted by atomic mass is 19.1. The van der Waals surface area contributed by atoms with Gasteiger partial charge in [-0.15, -0.1) is 0 Å². The standard InChI is InChI=1S/C20H24FN3O4/c1-13-18(9-23-24(13)10-14-2-4-26-5-3-14)20(25)22-8-15-6-17(21)7-16-11-27-12-28-19(15)16/h6-7,9,14H,2-5,8,10-12H2,1H3,(H,22,25). The predicted octanol–water partition coefficient (Wildman–Crippen LogP) is 2.55. The van der Waals surface area contributed by atoms with Crippen LogP contribution in [0.3, 0.4) is 0 Å². The second-order valence-electron chi connectivity index (χ2n) is 7.23. The largest absolute Gasteiger partial charge is 0.467 e. The molecule has 150 valence electrons. The van der Waals surface area contributed by atoms with E-state index in [9.17, 15) is 9.18 Å². The Hall–Kier alpha value is -2.45. The monoisotopic (exact) mass is 389 g/mol. The van der Waals surface area contributed by atoms with Crippen molar-refractivity contribution in [3.63, 3.8) is 0 Å². The molecular formula is C20H24FN3O4. The lowest BCUT2D eigenvalue weighted by Gasteiger charge is -2.22. The smallest absolute Gasteiger partial charge is 0.255 e. The topological polar surface area (TPSA) is 74.6 Å². The van der Waals surface area contributed by atoms with Crippen LogP contribution in [0.1, 0.15) is 40.0 Å². The Bertz CT molecular complexity index is 861. The van der Waals surface area contributed by atoms with E-state index in [4.69, 9.17) is 14.2 Å². The molecule has 28 heavy (non-hydrogen) atoms. The summed E-state index contributed by atoms with van der Waals surface area (Å²) in [6.07, 6.45) is 3.61. The third-order valence-electron chi connectivity index (χ3n) is 5.31. The Kier molecular flexibility index (Phi) is 5.59. The zero-order valence-electron chi connectivity index (χ0n) is 15.9. The molecule has 2 aliphatic heterocycles. The zero-order valence-corrected chi connectivity index (χ0v) is 15.9. The summed E-state index contributed by atoms with van der Waals surface area (Å²) >= 11 is 0. The van der Waals surface area contributed by atoms with Crippen LogP contribution in [-0.2, 0) is 29.2 Å². The quantitative estimate of drug-likeness (QED) is 0.851. The third kappa shape index (κ3) is 4.02. The molecule has 0 aliphatic carbocycles. The summed E-state index contributed by atoms with van der Waals surface area (Å²) in [5.74, 6) is 0.486. The first-order chi connectivity index (χ1) is 13.6. The number of ether oxygens (including phenoxy) is 3. The third-order valence-corrected chi connectivity index (χ3v) is 5.31. The van der Waals surface area contributed by atoms with Crippen LogP contribution in [0.25, 0.3) is 0 Å². The average molecular weight is 389 g/mol. The number of hydrogen-bond acceptors (Lipinski definition) is 5. The molecule has 0 radical (unpaired) electrons. The Morgan fingerprint density at radius 3 is 2.96 bits per heavy atom. The molecule has 0 saturated carbocycles. The van der Waals surface area contributed by atoms with Gasteiger partial charge < -0.3 is 19.5 Å². The molecule has 2 aromatic rings. The summed E-state index contributed by atoms with van der Waals surface area (Å²) in [5, 5.41) is 7.23. The lowest BCUT2D eigenvalue weighted by Crippen LogP contribution is -2.25. The molecule has 1 N–H and O–H groups in total. The van der Waals surface area contributed by atoms with Crippen molar-refractivity contribution in [2.45, 2.75) is 39.5 Å². The van der Waals surface area contributed by atoms with Crippen LogP contribution in [0.5, 0.6) is 5.75 Å². The maximum absolute atomic E-state index is 13.8. The van der Waals surface area contributed by atoms with E-state index < -0.39 is 0 Å². The van der Waals surface area contributed by atoms with Gasteiger partial charge in [0.15, 0.2) is 6.79 Å². The van der Waals surface area contributed by atoms with Gasteiger partial charge in [-0.1, -0.05) is 0 Å². The van der Waals surface area contributed by atoms with Gasteiger partial charge in [0, 0.05) is 43.1 Å². The van der Waals surface area contributed by atoms with E-state index in [1.54, 1.807) is 6.20 Å². The van der Waals surface area contributed by atoms with Gasteiger partial charge in [0.25, 0.3) is 5.91 Å². The summed E-state index contributed by atoms with van der Waals surface area (Å²) in [4.78, 5) is 12.7. The van der Waals surface area contributed by atoms with E-state index in [0.717, 1.165) is 38.3 Å². The van der Waals surface area contributed by atoms with E-state index in [1.165, 1.54) is 12.1 Å². The molecule has 7 nitrogen and oxygen atoms in total. The number of nitrogens with zero attached hydrogens (tertiary/aromatic N) is 2. The van der Waals surface area contributed by atoms with Crippen molar-refractivity contribution >= 4 is 5.91 Å². The molecule has 0 spiro atoms. The molecule has 1 aromatic heterocycles. The fraction of sp³-hybridized carbons (Fsp3) is 0.500. The van der Waals surface area contributed by atoms with Gasteiger partial charge >= 0.3 is 0 Å². The minimum absolute atomic E-state index is 0.123.